The van der Waals surface area contributed by atoms with Gasteiger partial charge in [-0.25, -0.2) is 9.97 Å². The molecule has 0 saturated heterocycles. The van der Waals surface area contributed by atoms with Crippen LogP contribution in [0.5, 0.6) is 17.2 Å². The fraction of sp³-hybridized carbons (Fsp3) is 0.130. The second kappa shape index (κ2) is 9.68. The summed E-state index contributed by atoms with van der Waals surface area (Å²) in [4.78, 5) is 9.04. The predicted molar refractivity (Wildman–Crippen MR) is 119 cm³/mol. The number of anilines is 4. The molecule has 36 heavy (non-hydrogen) atoms. The molecule has 13 heteroatoms. The fourth-order valence-corrected chi connectivity index (χ4v) is 3.09. The van der Waals surface area contributed by atoms with Gasteiger partial charge in [0.1, 0.15) is 17.2 Å². The maximum atomic E-state index is 12.4. The first-order valence-electron chi connectivity index (χ1n) is 10.1. The highest BCUT2D eigenvalue weighted by atomic mass is 19.4. The van der Waals surface area contributed by atoms with Crippen LogP contribution >= 0.6 is 0 Å². The van der Waals surface area contributed by atoms with Crippen molar-refractivity contribution in [2.24, 2.45) is 0 Å². The molecule has 0 atom stereocenters. The Hall–Kier alpha value is -4.42. The van der Waals surface area contributed by atoms with E-state index in [0.29, 0.717) is 28.2 Å². The summed E-state index contributed by atoms with van der Waals surface area (Å²) in [5.41, 5.74) is 1.69. The molecule has 0 unspecified atom stereocenters. The highest BCUT2D eigenvalue weighted by Gasteiger charge is 2.31. The quantitative estimate of drug-likeness (QED) is 0.261. The van der Waals surface area contributed by atoms with Gasteiger partial charge in [0.25, 0.3) is 0 Å². The first-order valence-corrected chi connectivity index (χ1v) is 10.1. The normalized spacial score (nSPS) is 11.8. The van der Waals surface area contributed by atoms with Crippen LogP contribution in [0.25, 0.3) is 11.0 Å². The number of fused-ring (bicyclic) bond motifs is 1. The summed E-state index contributed by atoms with van der Waals surface area (Å²) in [6.07, 6.45) is -9.65. The largest absolute Gasteiger partial charge is 0.573 e. The van der Waals surface area contributed by atoms with Gasteiger partial charge in [-0.15, -0.1) is 26.3 Å². The second-order valence-corrected chi connectivity index (χ2v) is 7.17. The van der Waals surface area contributed by atoms with Gasteiger partial charge in [-0.3, -0.25) is 0 Å². The predicted octanol–water partition coefficient (Wildman–Crippen LogP) is 6.92. The topological polar surface area (TPSA) is 77.5 Å². The standard InChI is InChI=1S/C23H16F6N4O3/c1-34-17-10-11-18-19(12-17)33-21(31-14-4-8-16(9-5-14)36-23(27,28)29)20(32-18)30-13-2-6-15(7-3-13)35-22(24,25)26/h2-12H,1H3,(H,30,32)(H,31,33). The number of hydrogen-bond acceptors (Lipinski definition) is 7. The Balaban J connectivity index is 1.64. The fourth-order valence-electron chi connectivity index (χ4n) is 3.09. The molecular weight excluding hydrogens is 494 g/mol. The van der Waals surface area contributed by atoms with Gasteiger partial charge in [-0.1, -0.05) is 0 Å². The molecule has 7 nitrogen and oxygen atoms in total. The number of halogens is 6. The lowest BCUT2D eigenvalue weighted by molar-refractivity contribution is -0.275. The molecule has 2 N–H and O–H groups in total. The highest BCUT2D eigenvalue weighted by Crippen LogP contribution is 2.31. The van der Waals surface area contributed by atoms with Gasteiger partial charge in [-0.2, -0.15) is 0 Å². The number of ether oxygens (including phenoxy) is 3. The summed E-state index contributed by atoms with van der Waals surface area (Å²) < 4.78 is 87.5. The zero-order valence-corrected chi connectivity index (χ0v) is 18.2. The smallest absolute Gasteiger partial charge is 0.497 e. The average Bonchev–Trinajstić information content (AvgIpc) is 2.80. The molecule has 4 aromatic rings. The SMILES string of the molecule is COc1ccc2nc(Nc3ccc(OC(F)(F)F)cc3)c(Nc3ccc(OC(F)(F)F)cc3)nc2c1. The molecule has 1 heterocycles. The van der Waals surface area contributed by atoms with E-state index in [0.717, 1.165) is 24.3 Å². The number of methoxy groups -OCH3 is 1. The van der Waals surface area contributed by atoms with Crippen molar-refractivity contribution in [1.82, 2.24) is 9.97 Å². The van der Waals surface area contributed by atoms with E-state index in [1.165, 1.54) is 31.4 Å². The first kappa shape index (κ1) is 24.7. The lowest BCUT2D eigenvalue weighted by Gasteiger charge is -2.15. The van der Waals surface area contributed by atoms with Gasteiger partial charge < -0.3 is 24.8 Å². The second-order valence-electron chi connectivity index (χ2n) is 7.17. The Labute approximate surface area is 199 Å². The number of alkyl halides is 6. The van der Waals surface area contributed by atoms with Gasteiger partial charge in [0, 0.05) is 17.4 Å². The molecule has 1 aromatic heterocycles. The number of aromatic nitrogens is 2. The third-order valence-corrected chi connectivity index (χ3v) is 4.57. The van der Waals surface area contributed by atoms with Crippen LogP contribution < -0.4 is 24.8 Å². The minimum Gasteiger partial charge on any atom is -0.497 e. The minimum absolute atomic E-state index is 0.191. The lowest BCUT2D eigenvalue weighted by Crippen LogP contribution is -2.17. The molecule has 0 spiro atoms. The molecule has 0 aliphatic carbocycles. The van der Waals surface area contributed by atoms with E-state index < -0.39 is 24.2 Å². The number of nitrogens with one attached hydrogen (secondary N) is 2. The van der Waals surface area contributed by atoms with E-state index in [2.05, 4.69) is 30.1 Å². The van der Waals surface area contributed by atoms with Crippen molar-refractivity contribution in [3.05, 3.63) is 66.7 Å². The number of hydrogen-bond donors (Lipinski definition) is 2. The van der Waals surface area contributed by atoms with E-state index >= 15 is 0 Å². The van der Waals surface area contributed by atoms with Crippen LogP contribution in [0.2, 0.25) is 0 Å². The Kier molecular flexibility index (Phi) is 6.64. The first-order chi connectivity index (χ1) is 17.0. The third-order valence-electron chi connectivity index (χ3n) is 4.57. The molecule has 3 aromatic carbocycles. The van der Waals surface area contributed by atoms with Gasteiger partial charge in [-0.05, 0) is 60.7 Å². The molecule has 188 valence electrons. The summed E-state index contributed by atoms with van der Waals surface area (Å²) in [5, 5.41) is 5.94. The average molecular weight is 510 g/mol. The van der Waals surface area contributed by atoms with E-state index in [1.54, 1.807) is 18.2 Å². The molecule has 0 aliphatic heterocycles. The third kappa shape index (κ3) is 6.58. The Morgan fingerprint density at radius 2 is 1.00 bits per heavy atom. The van der Waals surface area contributed by atoms with E-state index in [4.69, 9.17) is 4.74 Å². The van der Waals surface area contributed by atoms with Crippen LogP contribution in [0.3, 0.4) is 0 Å². The van der Waals surface area contributed by atoms with E-state index in [-0.39, 0.29) is 11.6 Å². The van der Waals surface area contributed by atoms with Crippen LogP contribution in [0.1, 0.15) is 0 Å². The van der Waals surface area contributed by atoms with Crippen molar-refractivity contribution in [2.45, 2.75) is 12.7 Å². The van der Waals surface area contributed by atoms with Crippen molar-refractivity contribution < 1.29 is 40.6 Å². The molecule has 0 bridgehead atoms. The van der Waals surface area contributed by atoms with Crippen molar-refractivity contribution in [3.8, 4) is 17.2 Å². The van der Waals surface area contributed by atoms with Gasteiger partial charge in [0.15, 0.2) is 11.6 Å². The Morgan fingerprint density at radius 1 is 0.583 bits per heavy atom. The van der Waals surface area contributed by atoms with E-state index in [1.807, 2.05) is 0 Å². The van der Waals surface area contributed by atoms with Crippen LogP contribution in [0.15, 0.2) is 66.7 Å². The summed E-state index contributed by atoms with van der Waals surface area (Å²) >= 11 is 0. The highest BCUT2D eigenvalue weighted by molar-refractivity contribution is 5.84. The van der Waals surface area contributed by atoms with Crippen molar-refractivity contribution >= 4 is 34.0 Å². The van der Waals surface area contributed by atoms with E-state index in [9.17, 15) is 26.3 Å². The zero-order valence-electron chi connectivity index (χ0n) is 18.2. The molecule has 0 amide bonds. The Bertz CT molecular complexity index is 1340. The van der Waals surface area contributed by atoms with Gasteiger partial charge in [0.2, 0.25) is 0 Å². The molecule has 0 radical (unpaired) electrons. The zero-order chi connectivity index (χ0) is 25.9. The maximum absolute atomic E-state index is 12.4. The van der Waals surface area contributed by atoms with Crippen molar-refractivity contribution in [2.75, 3.05) is 17.7 Å². The van der Waals surface area contributed by atoms with Crippen LogP contribution in [-0.2, 0) is 0 Å². The molecule has 0 saturated carbocycles. The lowest BCUT2D eigenvalue weighted by atomic mass is 10.2. The monoisotopic (exact) mass is 510 g/mol. The maximum Gasteiger partial charge on any atom is 0.573 e. The Morgan fingerprint density at radius 3 is 1.42 bits per heavy atom. The summed E-state index contributed by atoms with van der Waals surface area (Å²) in [6.45, 7) is 0. The summed E-state index contributed by atoms with van der Waals surface area (Å²) in [7, 11) is 1.49. The van der Waals surface area contributed by atoms with Gasteiger partial charge >= 0.3 is 12.7 Å². The van der Waals surface area contributed by atoms with Crippen LogP contribution in [-0.4, -0.2) is 29.8 Å². The number of benzene rings is 3. The molecule has 0 fully saturated rings. The van der Waals surface area contributed by atoms with Crippen molar-refractivity contribution in [3.63, 3.8) is 0 Å². The molecule has 4 rings (SSSR count). The summed E-state index contributed by atoms with van der Waals surface area (Å²) in [6, 6.07) is 14.9. The number of nitrogens with zero attached hydrogens (tertiary/aromatic N) is 2. The van der Waals surface area contributed by atoms with Crippen LogP contribution in [0, 0.1) is 0 Å². The number of rotatable bonds is 7. The summed E-state index contributed by atoms with van der Waals surface area (Å²) in [5.74, 6) is 0.118. The minimum atomic E-state index is -4.82. The van der Waals surface area contributed by atoms with Gasteiger partial charge in [0.05, 0.1) is 18.1 Å². The molecule has 0 aliphatic rings. The van der Waals surface area contributed by atoms with Crippen molar-refractivity contribution in [1.29, 1.82) is 0 Å². The van der Waals surface area contributed by atoms with Crippen LogP contribution in [0.4, 0.5) is 49.4 Å². The molecular formula is C23H16F6N4O3.